The Morgan fingerprint density at radius 2 is 2.17 bits per heavy atom. The molecule has 1 amide bonds. The van der Waals surface area contributed by atoms with Gasteiger partial charge in [-0.1, -0.05) is 31.3 Å². The Hall–Kier alpha value is -1.66. The first-order valence-corrected chi connectivity index (χ1v) is 8.48. The van der Waals surface area contributed by atoms with Gasteiger partial charge >= 0.3 is 0 Å². The van der Waals surface area contributed by atoms with E-state index in [4.69, 9.17) is 10.3 Å². The highest BCUT2D eigenvalue weighted by molar-refractivity contribution is 5.97. The molecule has 1 saturated carbocycles. The molecule has 0 bridgehead atoms. The molecule has 0 aliphatic heterocycles. The zero-order chi connectivity index (χ0) is 16.2. The summed E-state index contributed by atoms with van der Waals surface area (Å²) >= 11 is 0. The van der Waals surface area contributed by atoms with Gasteiger partial charge in [-0.2, -0.15) is 0 Å². The molecule has 6 nitrogen and oxygen atoms in total. The first kappa shape index (κ1) is 18.7. The molecule has 24 heavy (non-hydrogen) atoms. The van der Waals surface area contributed by atoms with Crippen LogP contribution in [0.15, 0.2) is 16.8 Å². The van der Waals surface area contributed by atoms with Crippen molar-refractivity contribution in [1.29, 1.82) is 0 Å². The standard InChI is InChI=1S/C17H24N4O2.ClH/c1-2-14-13-8-12(10-19-17(13)23-21-14)16(22)20-15(9-18)11-6-4-3-5-7-11;/h8,10-11,15H,2-7,9,18H2,1H3,(H,20,22);1H. The molecular weight excluding hydrogens is 328 g/mol. The first-order chi connectivity index (χ1) is 11.2. The van der Waals surface area contributed by atoms with Crippen molar-refractivity contribution in [1.82, 2.24) is 15.5 Å². The molecule has 3 rings (SSSR count). The van der Waals surface area contributed by atoms with E-state index in [1.165, 1.54) is 25.5 Å². The van der Waals surface area contributed by atoms with E-state index in [2.05, 4.69) is 15.5 Å². The van der Waals surface area contributed by atoms with Crippen LogP contribution in [0.5, 0.6) is 0 Å². The molecule has 0 radical (unpaired) electrons. The topological polar surface area (TPSA) is 94.0 Å². The fourth-order valence-electron chi connectivity index (χ4n) is 3.42. The van der Waals surface area contributed by atoms with Crippen molar-refractivity contribution in [2.45, 2.75) is 51.5 Å². The van der Waals surface area contributed by atoms with Crippen LogP contribution in [0.2, 0.25) is 0 Å². The van der Waals surface area contributed by atoms with Crippen molar-refractivity contribution in [3.63, 3.8) is 0 Å². The minimum atomic E-state index is -0.122. The number of halogens is 1. The normalized spacial score (nSPS) is 16.6. The van der Waals surface area contributed by atoms with E-state index in [0.29, 0.717) is 23.7 Å². The summed E-state index contributed by atoms with van der Waals surface area (Å²) in [5, 5.41) is 7.88. The Labute approximate surface area is 148 Å². The van der Waals surface area contributed by atoms with E-state index in [9.17, 15) is 4.79 Å². The van der Waals surface area contributed by atoms with Gasteiger partial charge in [-0.3, -0.25) is 4.79 Å². The molecule has 132 valence electrons. The number of hydrogen-bond acceptors (Lipinski definition) is 5. The summed E-state index contributed by atoms with van der Waals surface area (Å²) in [5.74, 6) is 0.361. The number of rotatable bonds is 5. The van der Waals surface area contributed by atoms with Crippen LogP contribution in [0, 0.1) is 5.92 Å². The number of nitrogens with zero attached hydrogens (tertiary/aromatic N) is 2. The van der Waals surface area contributed by atoms with Crippen LogP contribution in [-0.2, 0) is 6.42 Å². The second-order valence-corrected chi connectivity index (χ2v) is 6.27. The molecule has 2 aromatic rings. The second-order valence-electron chi connectivity index (χ2n) is 6.27. The molecular formula is C17H25ClN4O2. The van der Waals surface area contributed by atoms with Crippen LogP contribution in [0.4, 0.5) is 0 Å². The zero-order valence-electron chi connectivity index (χ0n) is 14.0. The summed E-state index contributed by atoms with van der Waals surface area (Å²) in [7, 11) is 0. The highest BCUT2D eigenvalue weighted by Crippen LogP contribution is 2.26. The van der Waals surface area contributed by atoms with Crippen LogP contribution in [-0.4, -0.2) is 28.6 Å². The fourth-order valence-corrected chi connectivity index (χ4v) is 3.42. The summed E-state index contributed by atoms with van der Waals surface area (Å²) < 4.78 is 5.16. The number of fused-ring (bicyclic) bond motifs is 1. The first-order valence-electron chi connectivity index (χ1n) is 8.48. The molecule has 1 aliphatic rings. The van der Waals surface area contributed by atoms with Crippen molar-refractivity contribution >= 4 is 29.4 Å². The lowest BCUT2D eigenvalue weighted by Gasteiger charge is -2.30. The Morgan fingerprint density at radius 1 is 1.42 bits per heavy atom. The average Bonchev–Trinajstić information content (AvgIpc) is 3.02. The lowest BCUT2D eigenvalue weighted by molar-refractivity contribution is 0.0915. The molecule has 0 aromatic carbocycles. The smallest absolute Gasteiger partial charge is 0.257 e. The third kappa shape index (κ3) is 3.87. The van der Waals surface area contributed by atoms with E-state index in [0.717, 1.165) is 30.3 Å². The molecule has 1 aliphatic carbocycles. The second kappa shape index (κ2) is 8.44. The van der Waals surface area contributed by atoms with E-state index in [1.54, 1.807) is 6.07 Å². The number of aryl methyl sites for hydroxylation is 1. The number of aromatic nitrogens is 2. The highest BCUT2D eigenvalue weighted by Gasteiger charge is 2.24. The van der Waals surface area contributed by atoms with E-state index in [1.807, 2.05) is 6.92 Å². The third-order valence-electron chi connectivity index (χ3n) is 4.79. The molecule has 1 unspecified atom stereocenters. The zero-order valence-corrected chi connectivity index (χ0v) is 14.8. The highest BCUT2D eigenvalue weighted by atomic mass is 35.5. The van der Waals surface area contributed by atoms with Gasteiger partial charge in [0.2, 0.25) is 0 Å². The number of hydrogen-bond donors (Lipinski definition) is 2. The molecule has 1 atom stereocenters. The van der Waals surface area contributed by atoms with Gasteiger partial charge in [0, 0.05) is 18.8 Å². The lowest BCUT2D eigenvalue weighted by Crippen LogP contribution is -2.45. The molecule has 3 N–H and O–H groups in total. The average molecular weight is 353 g/mol. The van der Waals surface area contributed by atoms with Gasteiger partial charge in [0.25, 0.3) is 11.6 Å². The molecule has 7 heteroatoms. The van der Waals surface area contributed by atoms with Crippen LogP contribution in [0.3, 0.4) is 0 Å². The largest absolute Gasteiger partial charge is 0.348 e. The minimum absolute atomic E-state index is 0. The maximum Gasteiger partial charge on any atom is 0.257 e. The predicted molar refractivity (Wildman–Crippen MR) is 95.3 cm³/mol. The summed E-state index contributed by atoms with van der Waals surface area (Å²) in [4.78, 5) is 16.8. The van der Waals surface area contributed by atoms with Crippen molar-refractivity contribution in [3.05, 3.63) is 23.5 Å². The van der Waals surface area contributed by atoms with Gasteiger partial charge in [0.05, 0.1) is 16.6 Å². The Bertz CT molecular complexity index is 682. The van der Waals surface area contributed by atoms with Crippen LogP contribution in [0.25, 0.3) is 11.1 Å². The van der Waals surface area contributed by atoms with Crippen LogP contribution >= 0.6 is 12.4 Å². The van der Waals surface area contributed by atoms with Crippen LogP contribution in [0.1, 0.15) is 55.1 Å². The molecule has 1 fully saturated rings. The number of amides is 1. The summed E-state index contributed by atoms with van der Waals surface area (Å²) in [6.07, 6.45) is 8.31. The van der Waals surface area contributed by atoms with Gasteiger partial charge in [-0.05, 0) is 31.2 Å². The van der Waals surface area contributed by atoms with E-state index >= 15 is 0 Å². The lowest BCUT2D eigenvalue weighted by atomic mass is 9.84. The van der Waals surface area contributed by atoms with Crippen molar-refractivity contribution in [2.24, 2.45) is 11.7 Å². The Kier molecular flexibility index (Phi) is 6.57. The van der Waals surface area contributed by atoms with E-state index in [-0.39, 0.29) is 24.4 Å². The molecule has 2 aromatic heterocycles. The quantitative estimate of drug-likeness (QED) is 0.862. The van der Waals surface area contributed by atoms with Gasteiger partial charge in [0.1, 0.15) is 0 Å². The van der Waals surface area contributed by atoms with Crippen molar-refractivity contribution in [2.75, 3.05) is 6.54 Å². The summed E-state index contributed by atoms with van der Waals surface area (Å²) in [6.45, 7) is 2.47. The van der Waals surface area contributed by atoms with Crippen molar-refractivity contribution in [3.8, 4) is 0 Å². The SMILES string of the molecule is CCc1noc2ncc(C(=O)NC(CN)C3CCCCC3)cc12.Cl. The number of carbonyl (C=O) groups is 1. The maximum atomic E-state index is 12.6. The minimum Gasteiger partial charge on any atom is -0.348 e. The molecule has 0 spiro atoms. The predicted octanol–water partition coefficient (Wildman–Crippen LogP) is 2.84. The number of carbonyl (C=O) groups excluding carboxylic acids is 1. The Morgan fingerprint density at radius 3 is 2.83 bits per heavy atom. The summed E-state index contributed by atoms with van der Waals surface area (Å²) in [5.41, 5.74) is 7.72. The van der Waals surface area contributed by atoms with Gasteiger partial charge < -0.3 is 15.6 Å². The summed E-state index contributed by atoms with van der Waals surface area (Å²) in [6, 6.07) is 1.84. The fraction of sp³-hybridized carbons (Fsp3) is 0.588. The van der Waals surface area contributed by atoms with Crippen LogP contribution < -0.4 is 11.1 Å². The number of pyridine rings is 1. The molecule has 0 saturated heterocycles. The number of nitrogens with two attached hydrogens (primary N) is 1. The van der Waals surface area contributed by atoms with Gasteiger partial charge in [0.15, 0.2) is 0 Å². The third-order valence-corrected chi connectivity index (χ3v) is 4.79. The monoisotopic (exact) mass is 352 g/mol. The Balaban J connectivity index is 0.00000208. The molecule has 2 heterocycles. The maximum absolute atomic E-state index is 12.6. The van der Waals surface area contributed by atoms with Gasteiger partial charge in [-0.25, -0.2) is 4.98 Å². The number of nitrogens with one attached hydrogen (secondary N) is 1. The van der Waals surface area contributed by atoms with E-state index < -0.39 is 0 Å². The van der Waals surface area contributed by atoms with Crippen molar-refractivity contribution < 1.29 is 9.32 Å². The van der Waals surface area contributed by atoms with Gasteiger partial charge in [-0.15, -0.1) is 12.4 Å².